The third-order valence-electron chi connectivity index (χ3n) is 1.80. The van der Waals surface area contributed by atoms with E-state index in [2.05, 4.69) is 13.8 Å². The van der Waals surface area contributed by atoms with E-state index in [4.69, 9.17) is 15.2 Å². The van der Waals surface area contributed by atoms with E-state index in [9.17, 15) is 0 Å². The number of nitrogens with two attached hydrogens (primary N) is 1. The van der Waals surface area contributed by atoms with Crippen LogP contribution in [0.3, 0.4) is 0 Å². The topological polar surface area (TPSA) is 44.5 Å². The van der Waals surface area contributed by atoms with Gasteiger partial charge in [0, 0.05) is 13.2 Å². The van der Waals surface area contributed by atoms with E-state index in [1.54, 1.807) is 0 Å². The quantitative estimate of drug-likeness (QED) is 0.560. The van der Waals surface area contributed by atoms with E-state index in [0.29, 0.717) is 19.8 Å². The van der Waals surface area contributed by atoms with Gasteiger partial charge in [-0.25, -0.2) is 0 Å². The first-order valence-corrected chi connectivity index (χ1v) is 5.24. The molecule has 2 N–H and O–H groups in total. The molecule has 0 saturated carbocycles. The predicted octanol–water partition coefficient (Wildman–Crippen LogP) is 1.56. The average Bonchev–Trinajstić information content (AvgIpc) is 2.16. The molecule has 0 aromatic rings. The fourth-order valence-corrected chi connectivity index (χ4v) is 1.11. The molecule has 0 aliphatic carbocycles. The van der Waals surface area contributed by atoms with Gasteiger partial charge in [0.25, 0.3) is 0 Å². The minimum Gasteiger partial charge on any atom is -0.379 e. The maximum atomic E-state index is 5.53. The monoisotopic (exact) mass is 189 g/mol. The third-order valence-corrected chi connectivity index (χ3v) is 1.80. The van der Waals surface area contributed by atoms with E-state index < -0.39 is 0 Å². The minimum absolute atomic E-state index is 0.218. The minimum atomic E-state index is 0.218. The van der Waals surface area contributed by atoms with Crippen LogP contribution in [0.5, 0.6) is 0 Å². The highest BCUT2D eigenvalue weighted by Crippen LogP contribution is 1.99. The summed E-state index contributed by atoms with van der Waals surface area (Å²) in [6.45, 7) is 7.03. The van der Waals surface area contributed by atoms with Gasteiger partial charge in [0.1, 0.15) is 0 Å². The van der Waals surface area contributed by atoms with Crippen LogP contribution in [0.4, 0.5) is 0 Å². The molecule has 0 amide bonds. The molecule has 0 aliphatic heterocycles. The first-order chi connectivity index (χ1) is 6.35. The SMILES string of the molecule is CCCOCCOC(CN)CCC. The molecule has 80 valence electrons. The van der Waals surface area contributed by atoms with Crippen LogP contribution in [0, 0.1) is 0 Å². The Hall–Kier alpha value is -0.120. The molecule has 13 heavy (non-hydrogen) atoms. The van der Waals surface area contributed by atoms with Gasteiger partial charge in [-0.1, -0.05) is 20.3 Å². The zero-order chi connectivity index (χ0) is 9.94. The van der Waals surface area contributed by atoms with Gasteiger partial charge in [-0.15, -0.1) is 0 Å². The lowest BCUT2D eigenvalue weighted by atomic mass is 10.2. The Labute approximate surface area is 81.6 Å². The highest BCUT2D eigenvalue weighted by molar-refractivity contribution is 4.56. The molecule has 0 bridgehead atoms. The molecular formula is C10H23NO2. The molecule has 1 unspecified atom stereocenters. The number of hydrogen-bond donors (Lipinski definition) is 1. The normalized spacial score (nSPS) is 13.2. The second kappa shape index (κ2) is 9.96. The Morgan fingerprint density at radius 3 is 2.38 bits per heavy atom. The van der Waals surface area contributed by atoms with Gasteiger partial charge in [-0.05, 0) is 12.8 Å². The smallest absolute Gasteiger partial charge is 0.0704 e. The molecule has 0 aromatic carbocycles. The molecule has 0 radical (unpaired) electrons. The Morgan fingerprint density at radius 2 is 1.85 bits per heavy atom. The summed E-state index contributed by atoms with van der Waals surface area (Å²) in [5, 5.41) is 0. The van der Waals surface area contributed by atoms with Crippen LogP contribution in [-0.4, -0.2) is 32.5 Å². The van der Waals surface area contributed by atoms with Crippen LogP contribution in [0.1, 0.15) is 33.1 Å². The summed E-state index contributed by atoms with van der Waals surface area (Å²) in [6, 6.07) is 0. The van der Waals surface area contributed by atoms with Gasteiger partial charge in [0.05, 0.1) is 19.3 Å². The van der Waals surface area contributed by atoms with Crippen molar-refractivity contribution in [1.82, 2.24) is 0 Å². The second-order valence-corrected chi connectivity index (χ2v) is 3.13. The highest BCUT2D eigenvalue weighted by atomic mass is 16.5. The fourth-order valence-electron chi connectivity index (χ4n) is 1.11. The molecule has 0 aliphatic rings. The number of hydrogen-bond acceptors (Lipinski definition) is 3. The van der Waals surface area contributed by atoms with Gasteiger partial charge in [0.15, 0.2) is 0 Å². The van der Waals surface area contributed by atoms with Crippen molar-refractivity contribution in [2.45, 2.75) is 39.2 Å². The molecule has 0 rings (SSSR count). The van der Waals surface area contributed by atoms with Crippen molar-refractivity contribution in [3.05, 3.63) is 0 Å². The molecule has 0 heterocycles. The average molecular weight is 189 g/mol. The van der Waals surface area contributed by atoms with Gasteiger partial charge in [-0.2, -0.15) is 0 Å². The van der Waals surface area contributed by atoms with Crippen LogP contribution < -0.4 is 5.73 Å². The molecule has 0 spiro atoms. The summed E-state index contributed by atoms with van der Waals surface area (Å²) >= 11 is 0. The largest absolute Gasteiger partial charge is 0.379 e. The van der Waals surface area contributed by atoms with Crippen LogP contribution >= 0.6 is 0 Å². The van der Waals surface area contributed by atoms with Crippen LogP contribution in [0.2, 0.25) is 0 Å². The van der Waals surface area contributed by atoms with Crippen molar-refractivity contribution in [2.24, 2.45) is 5.73 Å². The Balaban J connectivity index is 3.17. The van der Waals surface area contributed by atoms with Gasteiger partial charge >= 0.3 is 0 Å². The summed E-state index contributed by atoms with van der Waals surface area (Å²) in [7, 11) is 0. The Morgan fingerprint density at radius 1 is 1.08 bits per heavy atom. The van der Waals surface area contributed by atoms with Crippen molar-refractivity contribution in [2.75, 3.05) is 26.4 Å². The number of ether oxygens (including phenoxy) is 2. The van der Waals surface area contributed by atoms with Crippen LogP contribution in [0.25, 0.3) is 0 Å². The summed E-state index contributed by atoms with van der Waals surface area (Å²) in [4.78, 5) is 0. The van der Waals surface area contributed by atoms with Crippen molar-refractivity contribution in [1.29, 1.82) is 0 Å². The molecule has 0 aromatic heterocycles. The lowest BCUT2D eigenvalue weighted by Crippen LogP contribution is -2.25. The molecule has 1 atom stereocenters. The maximum Gasteiger partial charge on any atom is 0.0704 e. The van der Waals surface area contributed by atoms with Gasteiger partial charge in [-0.3, -0.25) is 0 Å². The van der Waals surface area contributed by atoms with Crippen molar-refractivity contribution in [3.8, 4) is 0 Å². The lowest BCUT2D eigenvalue weighted by molar-refractivity contribution is 0.00516. The summed E-state index contributed by atoms with van der Waals surface area (Å²) < 4.78 is 10.8. The predicted molar refractivity (Wildman–Crippen MR) is 54.8 cm³/mol. The zero-order valence-corrected chi connectivity index (χ0v) is 8.92. The van der Waals surface area contributed by atoms with E-state index in [1.165, 1.54) is 0 Å². The standard InChI is InChI=1S/C10H23NO2/c1-3-5-10(9-11)13-8-7-12-6-4-2/h10H,3-9,11H2,1-2H3. The summed E-state index contributed by atoms with van der Waals surface area (Å²) in [5.41, 5.74) is 5.53. The van der Waals surface area contributed by atoms with Crippen molar-refractivity contribution in [3.63, 3.8) is 0 Å². The summed E-state index contributed by atoms with van der Waals surface area (Å²) in [6.07, 6.45) is 3.45. The van der Waals surface area contributed by atoms with E-state index in [-0.39, 0.29) is 6.10 Å². The molecule has 0 saturated heterocycles. The van der Waals surface area contributed by atoms with E-state index >= 15 is 0 Å². The molecule has 0 fully saturated rings. The van der Waals surface area contributed by atoms with E-state index in [0.717, 1.165) is 25.9 Å². The maximum absolute atomic E-state index is 5.53. The Kier molecular flexibility index (Phi) is 9.87. The van der Waals surface area contributed by atoms with Crippen molar-refractivity contribution >= 4 is 0 Å². The van der Waals surface area contributed by atoms with E-state index in [1.807, 2.05) is 0 Å². The highest BCUT2D eigenvalue weighted by Gasteiger charge is 2.04. The zero-order valence-electron chi connectivity index (χ0n) is 8.92. The first kappa shape index (κ1) is 12.9. The molecule has 3 nitrogen and oxygen atoms in total. The second-order valence-electron chi connectivity index (χ2n) is 3.13. The summed E-state index contributed by atoms with van der Waals surface area (Å²) in [5.74, 6) is 0. The van der Waals surface area contributed by atoms with Crippen LogP contribution in [0.15, 0.2) is 0 Å². The third kappa shape index (κ3) is 8.22. The van der Waals surface area contributed by atoms with Crippen LogP contribution in [-0.2, 0) is 9.47 Å². The first-order valence-electron chi connectivity index (χ1n) is 5.24. The molecular weight excluding hydrogens is 166 g/mol. The fraction of sp³-hybridized carbons (Fsp3) is 1.00. The number of rotatable bonds is 9. The Bertz CT molecular complexity index is 98.9. The molecule has 3 heteroatoms. The van der Waals surface area contributed by atoms with Gasteiger partial charge in [0.2, 0.25) is 0 Å². The van der Waals surface area contributed by atoms with Crippen molar-refractivity contribution < 1.29 is 9.47 Å². The van der Waals surface area contributed by atoms with Gasteiger partial charge < -0.3 is 15.2 Å². The lowest BCUT2D eigenvalue weighted by Gasteiger charge is -2.14.